The van der Waals surface area contributed by atoms with E-state index in [-0.39, 0.29) is 17.2 Å². The number of carbonyl (C=O) groups is 1. The van der Waals surface area contributed by atoms with Gasteiger partial charge in [-0.3, -0.25) is 4.79 Å². The number of hydrogen-bond acceptors (Lipinski definition) is 1. The summed E-state index contributed by atoms with van der Waals surface area (Å²) in [7, 11) is 1.88. The van der Waals surface area contributed by atoms with Crippen LogP contribution in [0.3, 0.4) is 0 Å². The SMILES string of the molecule is CCN(C)C(=O)[C@H](Cc1ccccc1)C(C)(C)C. The number of carbonyl (C=O) groups excluding carboxylic acids is 1. The van der Waals surface area contributed by atoms with Gasteiger partial charge in [-0.05, 0) is 24.3 Å². The van der Waals surface area contributed by atoms with Crippen molar-refractivity contribution < 1.29 is 4.79 Å². The summed E-state index contributed by atoms with van der Waals surface area (Å²) in [6.45, 7) is 9.20. The molecule has 2 nitrogen and oxygen atoms in total. The van der Waals surface area contributed by atoms with Crippen LogP contribution in [0.4, 0.5) is 0 Å². The lowest BCUT2D eigenvalue weighted by molar-refractivity contribution is -0.137. The van der Waals surface area contributed by atoms with Crippen LogP contribution in [-0.2, 0) is 11.2 Å². The molecule has 0 aromatic heterocycles. The summed E-state index contributed by atoms with van der Waals surface area (Å²) in [5.74, 6) is 0.277. The molecule has 1 aromatic rings. The summed E-state index contributed by atoms with van der Waals surface area (Å²) in [6, 6.07) is 10.3. The molecular formula is C16H25NO. The van der Waals surface area contributed by atoms with Gasteiger partial charge in [0.05, 0.1) is 0 Å². The normalized spacial score (nSPS) is 13.2. The minimum Gasteiger partial charge on any atom is -0.346 e. The zero-order valence-corrected chi connectivity index (χ0v) is 12.2. The first-order chi connectivity index (χ1) is 8.36. The molecule has 0 saturated heterocycles. The standard InChI is InChI=1S/C16H25NO/c1-6-17(5)15(18)14(16(2,3)4)12-13-10-8-7-9-11-13/h7-11,14H,6,12H2,1-5H3/t14-/m0/s1. The molecule has 0 aliphatic heterocycles. The van der Waals surface area contributed by atoms with E-state index in [9.17, 15) is 4.79 Å². The number of hydrogen-bond donors (Lipinski definition) is 0. The van der Waals surface area contributed by atoms with Gasteiger partial charge in [0, 0.05) is 19.5 Å². The summed E-state index contributed by atoms with van der Waals surface area (Å²) in [5.41, 5.74) is 1.21. The second-order valence-corrected chi connectivity index (χ2v) is 5.96. The second kappa shape index (κ2) is 6.03. The topological polar surface area (TPSA) is 20.3 Å². The van der Waals surface area contributed by atoms with Crippen LogP contribution in [-0.4, -0.2) is 24.4 Å². The Morgan fingerprint density at radius 1 is 1.22 bits per heavy atom. The lowest BCUT2D eigenvalue weighted by atomic mass is 9.76. The van der Waals surface area contributed by atoms with Gasteiger partial charge in [-0.2, -0.15) is 0 Å². The zero-order chi connectivity index (χ0) is 13.8. The molecule has 1 atom stereocenters. The molecule has 0 spiro atoms. The molecule has 0 fully saturated rings. The smallest absolute Gasteiger partial charge is 0.226 e. The van der Waals surface area contributed by atoms with Crippen LogP contribution in [0.15, 0.2) is 30.3 Å². The summed E-state index contributed by atoms with van der Waals surface area (Å²) >= 11 is 0. The van der Waals surface area contributed by atoms with Gasteiger partial charge in [0.2, 0.25) is 5.91 Å². The van der Waals surface area contributed by atoms with Gasteiger partial charge in [0.1, 0.15) is 0 Å². The Hall–Kier alpha value is -1.31. The minimum atomic E-state index is -0.0175. The highest BCUT2D eigenvalue weighted by atomic mass is 16.2. The Labute approximate surface area is 111 Å². The average Bonchev–Trinajstić information content (AvgIpc) is 2.34. The predicted octanol–water partition coefficient (Wildman–Crippen LogP) is 3.37. The van der Waals surface area contributed by atoms with Crippen LogP contribution in [0.25, 0.3) is 0 Å². The maximum atomic E-state index is 12.5. The van der Waals surface area contributed by atoms with Crippen LogP contribution in [0, 0.1) is 11.3 Å². The molecule has 100 valence electrons. The number of rotatable bonds is 4. The van der Waals surface area contributed by atoms with Crippen LogP contribution < -0.4 is 0 Å². The molecule has 0 saturated carbocycles. The molecule has 0 aliphatic rings. The molecule has 0 radical (unpaired) electrons. The fourth-order valence-electron chi connectivity index (χ4n) is 2.04. The largest absolute Gasteiger partial charge is 0.346 e. The Morgan fingerprint density at radius 3 is 2.22 bits per heavy atom. The van der Waals surface area contributed by atoms with Gasteiger partial charge in [-0.25, -0.2) is 0 Å². The molecule has 0 heterocycles. The van der Waals surface area contributed by atoms with Crippen LogP contribution in [0.5, 0.6) is 0 Å². The van der Waals surface area contributed by atoms with Gasteiger partial charge in [-0.1, -0.05) is 51.1 Å². The molecule has 1 amide bonds. The summed E-state index contributed by atoms with van der Waals surface area (Å²) in [4.78, 5) is 14.3. The van der Waals surface area contributed by atoms with Crippen molar-refractivity contribution in [1.29, 1.82) is 0 Å². The average molecular weight is 247 g/mol. The first-order valence-corrected chi connectivity index (χ1v) is 6.65. The minimum absolute atomic E-state index is 0.0175. The van der Waals surface area contributed by atoms with E-state index < -0.39 is 0 Å². The second-order valence-electron chi connectivity index (χ2n) is 5.96. The molecule has 0 N–H and O–H groups in total. The van der Waals surface area contributed by atoms with E-state index in [0.717, 1.165) is 13.0 Å². The number of nitrogens with zero attached hydrogens (tertiary/aromatic N) is 1. The quantitative estimate of drug-likeness (QED) is 0.799. The summed E-state index contributed by atoms with van der Waals surface area (Å²) in [5, 5.41) is 0. The first-order valence-electron chi connectivity index (χ1n) is 6.65. The highest BCUT2D eigenvalue weighted by molar-refractivity contribution is 5.79. The molecule has 0 unspecified atom stereocenters. The maximum Gasteiger partial charge on any atom is 0.226 e. The third-order valence-electron chi connectivity index (χ3n) is 3.48. The van der Waals surface area contributed by atoms with Crippen LogP contribution in [0.2, 0.25) is 0 Å². The van der Waals surface area contributed by atoms with E-state index in [0.29, 0.717) is 0 Å². The molecule has 0 aliphatic carbocycles. The van der Waals surface area contributed by atoms with Crippen molar-refractivity contribution in [3.63, 3.8) is 0 Å². The van der Waals surface area contributed by atoms with Crippen molar-refractivity contribution in [1.82, 2.24) is 4.90 Å². The Kier molecular flexibility index (Phi) is 4.94. The fourth-order valence-corrected chi connectivity index (χ4v) is 2.04. The van der Waals surface area contributed by atoms with Crippen molar-refractivity contribution in [2.75, 3.05) is 13.6 Å². The Balaban J connectivity index is 2.90. The van der Waals surface area contributed by atoms with Gasteiger partial charge >= 0.3 is 0 Å². The molecule has 0 bridgehead atoms. The fraction of sp³-hybridized carbons (Fsp3) is 0.562. The van der Waals surface area contributed by atoms with Crippen molar-refractivity contribution in [2.24, 2.45) is 11.3 Å². The van der Waals surface area contributed by atoms with Crippen molar-refractivity contribution in [2.45, 2.75) is 34.1 Å². The highest BCUT2D eigenvalue weighted by Gasteiger charge is 2.32. The third-order valence-corrected chi connectivity index (χ3v) is 3.48. The lowest BCUT2D eigenvalue weighted by Gasteiger charge is -2.32. The molecule has 1 aromatic carbocycles. The lowest BCUT2D eigenvalue weighted by Crippen LogP contribution is -2.40. The maximum absolute atomic E-state index is 12.5. The van der Waals surface area contributed by atoms with Crippen molar-refractivity contribution >= 4 is 5.91 Å². The van der Waals surface area contributed by atoms with Crippen LogP contribution >= 0.6 is 0 Å². The predicted molar refractivity (Wildman–Crippen MR) is 76.4 cm³/mol. The number of amides is 1. The number of benzene rings is 1. The van der Waals surface area contributed by atoms with Gasteiger partial charge < -0.3 is 4.90 Å². The van der Waals surface area contributed by atoms with E-state index in [1.807, 2.05) is 37.1 Å². The molecular weight excluding hydrogens is 222 g/mol. The van der Waals surface area contributed by atoms with Crippen molar-refractivity contribution in [3.05, 3.63) is 35.9 Å². The van der Waals surface area contributed by atoms with E-state index in [4.69, 9.17) is 0 Å². The first kappa shape index (κ1) is 14.7. The van der Waals surface area contributed by atoms with Gasteiger partial charge in [0.15, 0.2) is 0 Å². The Morgan fingerprint density at radius 2 is 1.78 bits per heavy atom. The van der Waals surface area contributed by atoms with E-state index in [1.165, 1.54) is 5.56 Å². The van der Waals surface area contributed by atoms with Crippen LogP contribution in [0.1, 0.15) is 33.3 Å². The highest BCUT2D eigenvalue weighted by Crippen LogP contribution is 2.30. The molecule has 1 rings (SSSR count). The van der Waals surface area contributed by atoms with E-state index in [2.05, 4.69) is 32.9 Å². The molecule has 2 heteroatoms. The van der Waals surface area contributed by atoms with Gasteiger partial charge in [-0.15, -0.1) is 0 Å². The molecule has 18 heavy (non-hydrogen) atoms. The Bertz CT molecular complexity index is 378. The monoisotopic (exact) mass is 247 g/mol. The summed E-state index contributed by atoms with van der Waals surface area (Å²) in [6.07, 6.45) is 0.813. The zero-order valence-electron chi connectivity index (χ0n) is 12.2. The van der Waals surface area contributed by atoms with E-state index >= 15 is 0 Å². The van der Waals surface area contributed by atoms with Gasteiger partial charge in [0.25, 0.3) is 0 Å². The third kappa shape index (κ3) is 3.86. The summed E-state index contributed by atoms with van der Waals surface area (Å²) < 4.78 is 0. The van der Waals surface area contributed by atoms with E-state index in [1.54, 1.807) is 0 Å². The van der Waals surface area contributed by atoms with Crippen molar-refractivity contribution in [3.8, 4) is 0 Å².